The van der Waals surface area contributed by atoms with Gasteiger partial charge >= 0.3 is 0 Å². The van der Waals surface area contributed by atoms with Crippen LogP contribution in [0.25, 0.3) is 11.3 Å². The topological polar surface area (TPSA) is 118 Å². The smallest absolute Gasteiger partial charge is 0.269 e. The standard InChI is InChI=1S/C16H21N3O4/c1-16(23,7-2-8-20)10-17-15(22)14-9-13(18-19-14)11-3-5-12(21)6-4-11/h3-6,9,20-21,23H,2,7-8,10H2,1H3,(H,17,22)(H,18,19)/t16-/m1/s1. The fourth-order valence-electron chi connectivity index (χ4n) is 2.13. The van der Waals surface area contributed by atoms with E-state index in [0.29, 0.717) is 18.5 Å². The number of aromatic hydroxyl groups is 1. The first-order valence-electron chi connectivity index (χ1n) is 7.37. The largest absolute Gasteiger partial charge is 0.508 e. The van der Waals surface area contributed by atoms with Crippen molar-refractivity contribution in [3.8, 4) is 17.0 Å². The molecule has 0 saturated carbocycles. The number of aliphatic hydroxyl groups excluding tert-OH is 1. The van der Waals surface area contributed by atoms with Gasteiger partial charge in [0, 0.05) is 18.7 Å². The second-order valence-electron chi connectivity index (χ2n) is 5.72. The van der Waals surface area contributed by atoms with E-state index in [0.717, 1.165) is 5.56 Å². The molecule has 0 spiro atoms. The quantitative estimate of drug-likeness (QED) is 0.522. The molecular formula is C16H21N3O4. The van der Waals surface area contributed by atoms with Gasteiger partial charge in [0.1, 0.15) is 11.4 Å². The Labute approximate surface area is 134 Å². The average Bonchev–Trinajstić information content (AvgIpc) is 3.01. The first-order valence-corrected chi connectivity index (χ1v) is 7.37. The van der Waals surface area contributed by atoms with Crippen LogP contribution in [0.4, 0.5) is 0 Å². The van der Waals surface area contributed by atoms with E-state index in [1.807, 2.05) is 0 Å². The Kier molecular flexibility index (Phi) is 5.36. The van der Waals surface area contributed by atoms with Crippen molar-refractivity contribution in [3.05, 3.63) is 36.0 Å². The Hall–Kier alpha value is -2.38. The van der Waals surface area contributed by atoms with E-state index in [9.17, 15) is 15.0 Å². The maximum absolute atomic E-state index is 12.1. The maximum Gasteiger partial charge on any atom is 0.269 e. The SMILES string of the molecule is C[C@@](O)(CCCO)CNC(=O)c1cc(-c2ccc(O)cc2)n[nH]1. The third-order valence-electron chi connectivity index (χ3n) is 3.49. The summed E-state index contributed by atoms with van der Waals surface area (Å²) in [5, 5.41) is 37.5. The lowest BCUT2D eigenvalue weighted by Gasteiger charge is -2.22. The minimum absolute atomic E-state index is 0.000630. The van der Waals surface area contributed by atoms with E-state index >= 15 is 0 Å². The van der Waals surface area contributed by atoms with Crippen LogP contribution >= 0.6 is 0 Å². The zero-order valence-corrected chi connectivity index (χ0v) is 12.9. The van der Waals surface area contributed by atoms with E-state index in [1.54, 1.807) is 37.3 Å². The second kappa shape index (κ2) is 7.26. The molecule has 23 heavy (non-hydrogen) atoms. The first kappa shape index (κ1) is 17.0. The summed E-state index contributed by atoms with van der Waals surface area (Å²) in [6.07, 6.45) is 0.865. The highest BCUT2D eigenvalue weighted by Crippen LogP contribution is 2.20. The molecule has 7 heteroatoms. The van der Waals surface area contributed by atoms with Gasteiger partial charge in [-0.2, -0.15) is 5.10 Å². The fraction of sp³-hybridized carbons (Fsp3) is 0.375. The number of rotatable bonds is 7. The molecule has 0 fully saturated rings. The van der Waals surface area contributed by atoms with Gasteiger partial charge in [0.15, 0.2) is 0 Å². The number of phenolic OH excluding ortho intramolecular Hbond substituents is 1. The fourth-order valence-corrected chi connectivity index (χ4v) is 2.13. The number of hydrogen-bond donors (Lipinski definition) is 5. The molecule has 7 nitrogen and oxygen atoms in total. The molecule has 0 saturated heterocycles. The number of aromatic nitrogens is 2. The Morgan fingerprint density at radius 2 is 2.04 bits per heavy atom. The monoisotopic (exact) mass is 319 g/mol. The second-order valence-corrected chi connectivity index (χ2v) is 5.72. The van der Waals surface area contributed by atoms with Gasteiger partial charge in [-0.15, -0.1) is 0 Å². The van der Waals surface area contributed by atoms with Gasteiger partial charge in [-0.3, -0.25) is 9.89 Å². The molecule has 0 radical (unpaired) electrons. The first-order chi connectivity index (χ1) is 10.9. The average molecular weight is 319 g/mol. The normalized spacial score (nSPS) is 13.5. The van der Waals surface area contributed by atoms with E-state index < -0.39 is 5.60 Å². The maximum atomic E-state index is 12.1. The minimum Gasteiger partial charge on any atom is -0.508 e. The predicted octanol–water partition coefficient (Wildman–Crippen LogP) is 1.04. The van der Waals surface area contributed by atoms with Gasteiger partial charge in [0.25, 0.3) is 5.91 Å². The lowest BCUT2D eigenvalue weighted by Crippen LogP contribution is -2.40. The summed E-state index contributed by atoms with van der Waals surface area (Å²) in [5.41, 5.74) is 0.569. The summed E-state index contributed by atoms with van der Waals surface area (Å²) in [6, 6.07) is 8.09. The number of benzene rings is 1. The number of carbonyl (C=O) groups is 1. The summed E-state index contributed by atoms with van der Waals surface area (Å²) in [7, 11) is 0. The van der Waals surface area contributed by atoms with Gasteiger partial charge in [-0.1, -0.05) is 0 Å². The number of nitrogens with zero attached hydrogens (tertiary/aromatic N) is 1. The van der Waals surface area contributed by atoms with Crippen molar-refractivity contribution in [2.24, 2.45) is 0 Å². The van der Waals surface area contributed by atoms with Crippen LogP contribution < -0.4 is 5.32 Å². The van der Waals surface area contributed by atoms with Crippen molar-refractivity contribution in [3.63, 3.8) is 0 Å². The van der Waals surface area contributed by atoms with Crippen LogP contribution in [0.15, 0.2) is 30.3 Å². The molecule has 1 heterocycles. The molecule has 0 aliphatic carbocycles. The van der Waals surface area contributed by atoms with Crippen molar-refractivity contribution in [1.82, 2.24) is 15.5 Å². The third kappa shape index (κ3) is 4.80. The van der Waals surface area contributed by atoms with Gasteiger partial charge in [-0.05, 0) is 50.1 Å². The van der Waals surface area contributed by atoms with E-state index in [2.05, 4.69) is 15.5 Å². The highest BCUT2D eigenvalue weighted by molar-refractivity contribution is 5.93. The molecule has 0 bridgehead atoms. The molecule has 1 atom stereocenters. The molecule has 1 aromatic carbocycles. The lowest BCUT2D eigenvalue weighted by atomic mass is 10.0. The third-order valence-corrected chi connectivity index (χ3v) is 3.49. The number of carbonyl (C=O) groups excluding carboxylic acids is 1. The summed E-state index contributed by atoms with van der Waals surface area (Å²) < 4.78 is 0. The molecule has 124 valence electrons. The predicted molar refractivity (Wildman–Crippen MR) is 85.0 cm³/mol. The van der Waals surface area contributed by atoms with E-state index in [4.69, 9.17) is 5.11 Å². The Balaban J connectivity index is 1.97. The zero-order chi connectivity index (χ0) is 16.9. The Morgan fingerprint density at radius 1 is 1.35 bits per heavy atom. The number of H-pyrrole nitrogens is 1. The summed E-state index contributed by atoms with van der Waals surface area (Å²) in [5.74, 6) is -0.209. The summed E-state index contributed by atoms with van der Waals surface area (Å²) >= 11 is 0. The number of aromatic amines is 1. The lowest BCUT2D eigenvalue weighted by molar-refractivity contribution is 0.0414. The molecule has 2 rings (SSSR count). The molecule has 5 N–H and O–H groups in total. The van der Waals surface area contributed by atoms with Gasteiger partial charge in [0.2, 0.25) is 0 Å². The molecular weight excluding hydrogens is 298 g/mol. The Morgan fingerprint density at radius 3 is 2.70 bits per heavy atom. The van der Waals surface area contributed by atoms with Crippen LogP contribution in [0, 0.1) is 0 Å². The number of aliphatic hydroxyl groups is 2. The zero-order valence-electron chi connectivity index (χ0n) is 12.9. The van der Waals surface area contributed by atoms with Crippen molar-refractivity contribution in [2.75, 3.05) is 13.2 Å². The number of amides is 1. The molecule has 0 unspecified atom stereocenters. The van der Waals surface area contributed by atoms with Crippen LogP contribution in [0.5, 0.6) is 5.75 Å². The molecule has 0 aliphatic heterocycles. The van der Waals surface area contributed by atoms with Crippen molar-refractivity contribution < 1.29 is 20.1 Å². The van der Waals surface area contributed by atoms with Crippen molar-refractivity contribution >= 4 is 5.91 Å². The summed E-state index contributed by atoms with van der Waals surface area (Å²) in [6.45, 7) is 1.69. The number of hydrogen-bond acceptors (Lipinski definition) is 5. The van der Waals surface area contributed by atoms with E-state index in [-0.39, 0.29) is 30.5 Å². The molecule has 1 aromatic heterocycles. The van der Waals surface area contributed by atoms with Crippen LogP contribution in [0.1, 0.15) is 30.3 Å². The highest BCUT2D eigenvalue weighted by atomic mass is 16.3. The van der Waals surface area contributed by atoms with Crippen LogP contribution in [-0.4, -0.2) is 50.2 Å². The number of phenols is 1. The molecule has 0 aliphatic rings. The van der Waals surface area contributed by atoms with Gasteiger partial charge in [-0.25, -0.2) is 0 Å². The number of nitrogens with one attached hydrogen (secondary N) is 2. The van der Waals surface area contributed by atoms with Crippen LogP contribution in [0.2, 0.25) is 0 Å². The summed E-state index contributed by atoms with van der Waals surface area (Å²) in [4.78, 5) is 12.1. The highest BCUT2D eigenvalue weighted by Gasteiger charge is 2.21. The Bertz CT molecular complexity index is 650. The van der Waals surface area contributed by atoms with Crippen LogP contribution in [0.3, 0.4) is 0 Å². The van der Waals surface area contributed by atoms with Crippen molar-refractivity contribution in [1.29, 1.82) is 0 Å². The van der Waals surface area contributed by atoms with Gasteiger partial charge < -0.3 is 20.6 Å². The molecule has 1 amide bonds. The molecule has 2 aromatic rings. The van der Waals surface area contributed by atoms with E-state index in [1.165, 1.54) is 0 Å². The minimum atomic E-state index is -1.07. The van der Waals surface area contributed by atoms with Gasteiger partial charge in [0.05, 0.1) is 11.3 Å². The van der Waals surface area contributed by atoms with Crippen molar-refractivity contribution in [2.45, 2.75) is 25.4 Å². The van der Waals surface area contributed by atoms with Crippen LogP contribution in [-0.2, 0) is 0 Å².